The number of hydrogen-bond acceptors (Lipinski definition) is 3. The standard InChI is InChI=1S/C24H31FN2O3/c1-5-13-26-24(29)22(6-2)27(15-19-8-10-20(25)11-9-19)23(28)16-30-21-12-7-17(3)18(4)14-21/h7-12,14,22H,5-6,13,15-16H2,1-4H3,(H,26,29)/t22-/m0/s1. The fourth-order valence-electron chi connectivity index (χ4n) is 3.10. The lowest BCUT2D eigenvalue weighted by Gasteiger charge is -2.30. The molecule has 2 rings (SSSR count). The molecular weight excluding hydrogens is 383 g/mol. The fraction of sp³-hybridized carbons (Fsp3) is 0.417. The third-order valence-electron chi connectivity index (χ3n) is 5.04. The first-order valence-corrected chi connectivity index (χ1v) is 10.4. The lowest BCUT2D eigenvalue weighted by atomic mass is 10.1. The zero-order valence-corrected chi connectivity index (χ0v) is 18.2. The van der Waals surface area contributed by atoms with Gasteiger partial charge in [0.05, 0.1) is 0 Å². The Morgan fingerprint density at radius 3 is 2.37 bits per heavy atom. The minimum absolute atomic E-state index is 0.179. The molecule has 1 N–H and O–H groups in total. The summed E-state index contributed by atoms with van der Waals surface area (Å²) in [5.41, 5.74) is 2.97. The first-order chi connectivity index (χ1) is 14.3. The number of rotatable bonds is 10. The second kappa shape index (κ2) is 11.3. The van der Waals surface area contributed by atoms with E-state index in [1.165, 1.54) is 17.0 Å². The quantitative estimate of drug-likeness (QED) is 0.635. The summed E-state index contributed by atoms with van der Waals surface area (Å²) in [6.45, 7) is 8.40. The van der Waals surface area contributed by atoms with Crippen LogP contribution in [-0.4, -0.2) is 35.9 Å². The molecule has 0 heterocycles. The van der Waals surface area contributed by atoms with Crippen LogP contribution in [0.15, 0.2) is 42.5 Å². The number of benzene rings is 2. The molecule has 1 atom stereocenters. The largest absolute Gasteiger partial charge is 0.484 e. The van der Waals surface area contributed by atoms with Gasteiger partial charge in [-0.15, -0.1) is 0 Å². The number of halogens is 1. The van der Waals surface area contributed by atoms with Gasteiger partial charge >= 0.3 is 0 Å². The Labute approximate surface area is 178 Å². The average Bonchev–Trinajstić information content (AvgIpc) is 2.74. The molecule has 0 radical (unpaired) electrons. The molecule has 30 heavy (non-hydrogen) atoms. The molecule has 0 aromatic heterocycles. The summed E-state index contributed by atoms with van der Waals surface area (Å²) in [6.07, 6.45) is 1.27. The summed E-state index contributed by atoms with van der Waals surface area (Å²) in [7, 11) is 0. The summed E-state index contributed by atoms with van der Waals surface area (Å²) in [6, 6.07) is 11.0. The van der Waals surface area contributed by atoms with E-state index >= 15 is 0 Å². The zero-order valence-electron chi connectivity index (χ0n) is 18.2. The van der Waals surface area contributed by atoms with E-state index in [1.54, 1.807) is 12.1 Å². The fourth-order valence-corrected chi connectivity index (χ4v) is 3.10. The molecule has 162 valence electrons. The van der Waals surface area contributed by atoms with Crippen LogP contribution in [-0.2, 0) is 16.1 Å². The summed E-state index contributed by atoms with van der Waals surface area (Å²) in [4.78, 5) is 27.3. The number of aryl methyl sites for hydroxylation is 2. The highest BCUT2D eigenvalue weighted by molar-refractivity contribution is 5.88. The highest BCUT2D eigenvalue weighted by Crippen LogP contribution is 2.18. The molecule has 0 unspecified atom stereocenters. The van der Waals surface area contributed by atoms with Crippen LogP contribution >= 0.6 is 0 Å². The van der Waals surface area contributed by atoms with Crippen LogP contribution in [0.25, 0.3) is 0 Å². The maximum Gasteiger partial charge on any atom is 0.261 e. The number of amides is 2. The van der Waals surface area contributed by atoms with Crippen LogP contribution < -0.4 is 10.1 Å². The van der Waals surface area contributed by atoms with Crippen LogP contribution in [0.5, 0.6) is 5.75 Å². The Morgan fingerprint density at radius 1 is 1.07 bits per heavy atom. The normalized spacial score (nSPS) is 11.6. The average molecular weight is 415 g/mol. The molecule has 5 nitrogen and oxygen atoms in total. The van der Waals surface area contributed by atoms with Crippen molar-refractivity contribution in [3.63, 3.8) is 0 Å². The third kappa shape index (κ3) is 6.58. The van der Waals surface area contributed by atoms with E-state index in [-0.39, 0.29) is 30.8 Å². The van der Waals surface area contributed by atoms with Crippen LogP contribution in [0.1, 0.15) is 43.4 Å². The minimum Gasteiger partial charge on any atom is -0.484 e. The van der Waals surface area contributed by atoms with Crippen molar-refractivity contribution in [1.29, 1.82) is 0 Å². The monoisotopic (exact) mass is 414 g/mol. The minimum atomic E-state index is -0.627. The molecule has 0 aliphatic heterocycles. The van der Waals surface area contributed by atoms with Crippen molar-refractivity contribution in [2.75, 3.05) is 13.2 Å². The van der Waals surface area contributed by atoms with Gasteiger partial charge in [-0.3, -0.25) is 9.59 Å². The second-order valence-electron chi connectivity index (χ2n) is 7.40. The molecule has 0 fully saturated rings. The van der Waals surface area contributed by atoms with Crippen molar-refractivity contribution in [1.82, 2.24) is 10.2 Å². The van der Waals surface area contributed by atoms with Crippen LogP contribution in [0.4, 0.5) is 4.39 Å². The molecule has 0 aliphatic carbocycles. The summed E-state index contributed by atoms with van der Waals surface area (Å²) < 4.78 is 19.0. The van der Waals surface area contributed by atoms with Gasteiger partial charge in [0.1, 0.15) is 17.6 Å². The van der Waals surface area contributed by atoms with E-state index in [0.717, 1.165) is 23.1 Å². The Hall–Kier alpha value is -2.89. The molecule has 2 aromatic rings. The third-order valence-corrected chi connectivity index (χ3v) is 5.04. The Morgan fingerprint density at radius 2 is 1.77 bits per heavy atom. The van der Waals surface area contributed by atoms with Gasteiger partial charge in [0.2, 0.25) is 5.91 Å². The summed E-state index contributed by atoms with van der Waals surface area (Å²) in [5.74, 6) is -0.226. The molecule has 0 saturated heterocycles. The predicted octanol–water partition coefficient (Wildman–Crippen LogP) is 4.15. The van der Waals surface area contributed by atoms with E-state index in [2.05, 4.69) is 5.32 Å². The summed E-state index contributed by atoms with van der Waals surface area (Å²) >= 11 is 0. The van der Waals surface area contributed by atoms with E-state index in [1.807, 2.05) is 45.9 Å². The first kappa shape index (κ1) is 23.4. The Bertz CT molecular complexity index is 852. The van der Waals surface area contributed by atoms with Crippen molar-refractivity contribution < 1.29 is 18.7 Å². The van der Waals surface area contributed by atoms with Gasteiger partial charge in [-0.05, 0) is 67.6 Å². The molecule has 6 heteroatoms. The first-order valence-electron chi connectivity index (χ1n) is 10.4. The summed E-state index contributed by atoms with van der Waals surface area (Å²) in [5, 5.41) is 2.87. The van der Waals surface area contributed by atoms with Gasteiger partial charge in [0.15, 0.2) is 6.61 Å². The van der Waals surface area contributed by atoms with E-state index in [0.29, 0.717) is 18.7 Å². The van der Waals surface area contributed by atoms with Crippen molar-refractivity contribution in [2.45, 2.75) is 53.1 Å². The number of carbonyl (C=O) groups excluding carboxylic acids is 2. The SMILES string of the molecule is CCCNC(=O)[C@H](CC)N(Cc1ccc(F)cc1)C(=O)COc1ccc(C)c(C)c1. The second-order valence-corrected chi connectivity index (χ2v) is 7.40. The van der Waals surface area contributed by atoms with E-state index in [9.17, 15) is 14.0 Å². The van der Waals surface area contributed by atoms with Crippen molar-refractivity contribution in [3.05, 3.63) is 65.0 Å². The van der Waals surface area contributed by atoms with Crippen molar-refractivity contribution in [3.8, 4) is 5.75 Å². The molecule has 0 aliphatic rings. The lowest BCUT2D eigenvalue weighted by Crippen LogP contribution is -2.50. The molecule has 0 saturated carbocycles. The van der Waals surface area contributed by atoms with Crippen LogP contribution in [0.2, 0.25) is 0 Å². The molecule has 2 aromatic carbocycles. The maximum atomic E-state index is 13.3. The number of hydrogen-bond donors (Lipinski definition) is 1. The molecule has 0 bridgehead atoms. The van der Waals surface area contributed by atoms with Crippen LogP contribution in [0, 0.1) is 19.7 Å². The van der Waals surface area contributed by atoms with Crippen LogP contribution in [0.3, 0.4) is 0 Å². The van der Waals surface area contributed by atoms with Gasteiger partial charge in [0, 0.05) is 13.1 Å². The van der Waals surface area contributed by atoms with Crippen molar-refractivity contribution >= 4 is 11.8 Å². The topological polar surface area (TPSA) is 58.6 Å². The van der Waals surface area contributed by atoms with Gasteiger partial charge in [-0.2, -0.15) is 0 Å². The maximum absolute atomic E-state index is 13.3. The van der Waals surface area contributed by atoms with Gasteiger partial charge in [-0.1, -0.05) is 32.0 Å². The highest BCUT2D eigenvalue weighted by atomic mass is 19.1. The predicted molar refractivity (Wildman–Crippen MR) is 116 cm³/mol. The smallest absolute Gasteiger partial charge is 0.261 e. The zero-order chi connectivity index (χ0) is 22.1. The molecular formula is C24H31FN2O3. The van der Waals surface area contributed by atoms with Gasteiger partial charge < -0.3 is 15.0 Å². The number of carbonyl (C=O) groups is 2. The number of nitrogens with zero attached hydrogens (tertiary/aromatic N) is 1. The highest BCUT2D eigenvalue weighted by Gasteiger charge is 2.28. The molecule has 0 spiro atoms. The molecule has 2 amide bonds. The van der Waals surface area contributed by atoms with E-state index < -0.39 is 6.04 Å². The Balaban J connectivity index is 2.18. The number of nitrogens with one attached hydrogen (secondary N) is 1. The number of ether oxygens (including phenoxy) is 1. The van der Waals surface area contributed by atoms with Gasteiger partial charge in [-0.25, -0.2) is 4.39 Å². The van der Waals surface area contributed by atoms with Gasteiger partial charge in [0.25, 0.3) is 5.91 Å². The van der Waals surface area contributed by atoms with Crippen molar-refractivity contribution in [2.24, 2.45) is 0 Å². The van der Waals surface area contributed by atoms with E-state index in [4.69, 9.17) is 4.74 Å². The Kier molecular flexibility index (Phi) is 8.84. The lowest BCUT2D eigenvalue weighted by molar-refractivity contribution is -0.143.